The van der Waals surface area contributed by atoms with E-state index in [2.05, 4.69) is 10.2 Å². The van der Waals surface area contributed by atoms with Crippen molar-refractivity contribution in [2.45, 2.75) is 18.9 Å². The Balaban J connectivity index is 2.14. The number of carbonyl (C=O) groups excluding carboxylic acids is 1. The summed E-state index contributed by atoms with van der Waals surface area (Å²) in [5.41, 5.74) is 7.17. The van der Waals surface area contributed by atoms with Crippen LogP contribution in [-0.2, 0) is 9.47 Å². The van der Waals surface area contributed by atoms with Crippen LogP contribution in [0.4, 0.5) is 5.69 Å². The van der Waals surface area contributed by atoms with Crippen LogP contribution in [0.5, 0.6) is 0 Å². The van der Waals surface area contributed by atoms with Gasteiger partial charge in [0, 0.05) is 12.8 Å². The van der Waals surface area contributed by atoms with Crippen molar-refractivity contribution in [1.82, 2.24) is 14.6 Å². The highest BCUT2D eigenvalue weighted by Crippen LogP contribution is 2.28. The standard InChI is InChI=1S/C12H14N4O3/c1-18-12(17)7-5-8(13)10-14-15-11(16(10)6-7)9-3-2-4-19-9/h5-6,9H,2-4,13H2,1H3/t9-/m1/s1. The maximum absolute atomic E-state index is 11.6. The van der Waals surface area contributed by atoms with Crippen LogP contribution >= 0.6 is 0 Å². The van der Waals surface area contributed by atoms with Gasteiger partial charge in [0.05, 0.1) is 18.4 Å². The maximum atomic E-state index is 11.6. The minimum Gasteiger partial charge on any atom is -0.465 e. The molecule has 0 radical (unpaired) electrons. The summed E-state index contributed by atoms with van der Waals surface area (Å²) in [4.78, 5) is 11.6. The fourth-order valence-corrected chi connectivity index (χ4v) is 2.27. The molecule has 19 heavy (non-hydrogen) atoms. The van der Waals surface area contributed by atoms with E-state index in [1.165, 1.54) is 13.2 Å². The Hall–Kier alpha value is -2.15. The molecule has 1 atom stereocenters. The lowest BCUT2D eigenvalue weighted by molar-refractivity contribution is 0.0600. The number of aromatic nitrogens is 3. The Morgan fingerprint density at radius 1 is 1.58 bits per heavy atom. The molecule has 1 aliphatic heterocycles. The van der Waals surface area contributed by atoms with Gasteiger partial charge in [0.2, 0.25) is 0 Å². The number of ether oxygens (including phenoxy) is 2. The molecular formula is C12H14N4O3. The number of nitrogens with zero attached hydrogens (tertiary/aromatic N) is 3. The minimum absolute atomic E-state index is 0.0951. The molecule has 2 N–H and O–H groups in total. The van der Waals surface area contributed by atoms with Crippen molar-refractivity contribution >= 4 is 17.3 Å². The summed E-state index contributed by atoms with van der Waals surface area (Å²) in [6.45, 7) is 0.714. The average Bonchev–Trinajstić information content (AvgIpc) is 3.05. The van der Waals surface area contributed by atoms with Crippen molar-refractivity contribution in [3.8, 4) is 0 Å². The van der Waals surface area contributed by atoms with Gasteiger partial charge in [-0.15, -0.1) is 10.2 Å². The van der Waals surface area contributed by atoms with Crippen LogP contribution in [-0.4, -0.2) is 34.3 Å². The number of nitrogen functional groups attached to an aromatic ring is 1. The Kier molecular flexibility index (Phi) is 2.83. The van der Waals surface area contributed by atoms with Gasteiger partial charge in [-0.1, -0.05) is 0 Å². The van der Waals surface area contributed by atoms with Gasteiger partial charge in [-0.3, -0.25) is 4.40 Å². The number of hydrogen-bond donors (Lipinski definition) is 1. The molecule has 0 saturated carbocycles. The summed E-state index contributed by atoms with van der Waals surface area (Å²) in [5, 5.41) is 8.17. The van der Waals surface area contributed by atoms with E-state index in [0.717, 1.165) is 12.8 Å². The van der Waals surface area contributed by atoms with E-state index in [1.807, 2.05) is 0 Å². The molecule has 0 aromatic carbocycles. The molecule has 2 aromatic heterocycles. The van der Waals surface area contributed by atoms with Crippen LogP contribution in [0.25, 0.3) is 5.65 Å². The predicted octanol–water partition coefficient (Wildman–Crippen LogP) is 0.950. The SMILES string of the molecule is COC(=O)c1cc(N)c2nnc([C@H]3CCCO3)n2c1. The molecule has 0 unspecified atom stereocenters. The molecule has 1 fully saturated rings. The van der Waals surface area contributed by atoms with Gasteiger partial charge in [0.15, 0.2) is 11.5 Å². The first-order valence-corrected chi connectivity index (χ1v) is 6.05. The number of anilines is 1. The third kappa shape index (κ3) is 1.91. The molecule has 0 spiro atoms. The van der Waals surface area contributed by atoms with E-state index >= 15 is 0 Å². The summed E-state index contributed by atoms with van der Waals surface area (Å²) in [6.07, 6.45) is 3.42. The zero-order valence-electron chi connectivity index (χ0n) is 10.5. The monoisotopic (exact) mass is 262 g/mol. The Morgan fingerprint density at radius 2 is 2.42 bits per heavy atom. The zero-order valence-corrected chi connectivity index (χ0v) is 10.5. The Labute approximate surface area is 109 Å². The summed E-state index contributed by atoms with van der Waals surface area (Å²) in [6, 6.07) is 1.54. The topological polar surface area (TPSA) is 91.7 Å². The molecule has 1 aliphatic rings. The second-order valence-electron chi connectivity index (χ2n) is 4.43. The minimum atomic E-state index is -0.444. The lowest BCUT2D eigenvalue weighted by atomic mass is 10.2. The second-order valence-corrected chi connectivity index (χ2v) is 4.43. The van der Waals surface area contributed by atoms with Crippen molar-refractivity contribution in [1.29, 1.82) is 0 Å². The number of nitrogens with two attached hydrogens (primary N) is 1. The first-order chi connectivity index (χ1) is 9.20. The maximum Gasteiger partial charge on any atom is 0.339 e. The summed E-state index contributed by atoms with van der Waals surface area (Å²) in [7, 11) is 1.33. The molecule has 0 bridgehead atoms. The van der Waals surface area contributed by atoms with Gasteiger partial charge in [-0.05, 0) is 18.9 Å². The summed E-state index contributed by atoms with van der Waals surface area (Å²) >= 11 is 0. The first kappa shape index (κ1) is 11.9. The summed E-state index contributed by atoms with van der Waals surface area (Å²) in [5.74, 6) is 0.227. The fraction of sp³-hybridized carbons (Fsp3) is 0.417. The molecular weight excluding hydrogens is 248 g/mol. The van der Waals surface area contributed by atoms with Gasteiger partial charge in [0.1, 0.15) is 6.10 Å². The van der Waals surface area contributed by atoms with Crippen LogP contribution < -0.4 is 5.73 Å². The highest BCUT2D eigenvalue weighted by Gasteiger charge is 2.24. The highest BCUT2D eigenvalue weighted by molar-refractivity contribution is 5.91. The molecule has 7 heteroatoms. The third-order valence-electron chi connectivity index (χ3n) is 3.20. The summed E-state index contributed by atoms with van der Waals surface area (Å²) < 4.78 is 12.0. The predicted molar refractivity (Wildman–Crippen MR) is 66.7 cm³/mol. The van der Waals surface area contributed by atoms with Crippen LogP contribution in [0.1, 0.15) is 35.1 Å². The lowest BCUT2D eigenvalue weighted by Gasteiger charge is -2.08. The number of carbonyl (C=O) groups is 1. The van der Waals surface area contributed by atoms with E-state index in [-0.39, 0.29) is 6.10 Å². The Morgan fingerprint density at radius 3 is 3.11 bits per heavy atom. The van der Waals surface area contributed by atoms with Crippen LogP contribution in [0, 0.1) is 0 Å². The number of methoxy groups -OCH3 is 1. The Bertz CT molecular complexity index is 631. The number of esters is 1. The molecule has 2 aromatic rings. The van der Waals surface area contributed by atoms with Crippen LogP contribution in [0.2, 0.25) is 0 Å². The van der Waals surface area contributed by atoms with Crippen LogP contribution in [0.3, 0.4) is 0 Å². The molecule has 3 heterocycles. The first-order valence-electron chi connectivity index (χ1n) is 6.05. The van der Waals surface area contributed by atoms with Crippen molar-refractivity contribution in [3.63, 3.8) is 0 Å². The average molecular weight is 262 g/mol. The van der Waals surface area contributed by atoms with Crippen LogP contribution in [0.15, 0.2) is 12.3 Å². The molecule has 7 nitrogen and oxygen atoms in total. The van der Waals surface area contributed by atoms with Crippen molar-refractivity contribution in [2.24, 2.45) is 0 Å². The molecule has 100 valence electrons. The van der Waals surface area contributed by atoms with Gasteiger partial charge >= 0.3 is 5.97 Å². The van der Waals surface area contributed by atoms with Crippen molar-refractivity contribution in [3.05, 3.63) is 23.7 Å². The van der Waals surface area contributed by atoms with Crippen molar-refractivity contribution in [2.75, 3.05) is 19.5 Å². The molecule has 0 aliphatic carbocycles. The fourth-order valence-electron chi connectivity index (χ4n) is 2.27. The molecule has 1 saturated heterocycles. The van der Waals surface area contributed by atoms with Gasteiger partial charge in [-0.25, -0.2) is 4.79 Å². The molecule has 3 rings (SSSR count). The van der Waals surface area contributed by atoms with Gasteiger partial charge in [0.25, 0.3) is 0 Å². The number of fused-ring (bicyclic) bond motifs is 1. The van der Waals surface area contributed by atoms with Gasteiger partial charge in [-0.2, -0.15) is 0 Å². The van der Waals surface area contributed by atoms with E-state index in [4.69, 9.17) is 15.2 Å². The van der Waals surface area contributed by atoms with E-state index in [9.17, 15) is 4.79 Å². The quantitative estimate of drug-likeness (QED) is 0.810. The smallest absolute Gasteiger partial charge is 0.339 e. The second kappa shape index (κ2) is 4.51. The van der Waals surface area contributed by atoms with E-state index < -0.39 is 5.97 Å². The third-order valence-corrected chi connectivity index (χ3v) is 3.20. The normalized spacial score (nSPS) is 18.9. The number of hydrogen-bond acceptors (Lipinski definition) is 6. The van der Waals surface area contributed by atoms with Gasteiger partial charge < -0.3 is 15.2 Å². The highest BCUT2D eigenvalue weighted by atomic mass is 16.5. The largest absolute Gasteiger partial charge is 0.465 e. The zero-order chi connectivity index (χ0) is 13.4. The number of rotatable bonds is 2. The molecule has 0 amide bonds. The lowest BCUT2D eigenvalue weighted by Crippen LogP contribution is -2.08. The number of pyridine rings is 1. The van der Waals surface area contributed by atoms with E-state index in [1.54, 1.807) is 10.6 Å². The van der Waals surface area contributed by atoms with Crippen molar-refractivity contribution < 1.29 is 14.3 Å². The van der Waals surface area contributed by atoms with E-state index in [0.29, 0.717) is 29.3 Å².